The smallest absolute Gasteiger partial charge is 0.0323 e. The van der Waals surface area contributed by atoms with Crippen LogP contribution in [0.4, 0.5) is 0 Å². The molecule has 15 heavy (non-hydrogen) atoms. The third-order valence-electron chi connectivity index (χ3n) is 3.11. The first kappa shape index (κ1) is 11.2. The summed E-state index contributed by atoms with van der Waals surface area (Å²) in [6.45, 7) is 5.69. The lowest BCUT2D eigenvalue weighted by Gasteiger charge is -2.18. The Labute approximate surface area is 100 Å². The van der Waals surface area contributed by atoms with E-state index in [0.717, 1.165) is 6.54 Å². The highest BCUT2D eigenvalue weighted by Gasteiger charge is 2.20. The Hall–Kier alpha value is -0.340. The van der Waals surface area contributed by atoms with Crippen LogP contribution < -0.4 is 5.32 Å². The van der Waals surface area contributed by atoms with E-state index in [1.165, 1.54) is 28.4 Å². The normalized spacial score (nSPS) is 21.2. The highest BCUT2D eigenvalue weighted by molar-refractivity contribution is 9.10. The molecule has 1 N–H and O–H groups in total. The average Bonchev–Trinajstić information content (AvgIpc) is 2.69. The minimum Gasteiger partial charge on any atom is -0.310 e. The van der Waals surface area contributed by atoms with Gasteiger partial charge in [0, 0.05) is 10.5 Å². The molecule has 1 unspecified atom stereocenters. The average molecular weight is 268 g/mol. The molecule has 2 rings (SSSR count). The Kier molecular flexibility index (Phi) is 3.47. The van der Waals surface area contributed by atoms with E-state index < -0.39 is 0 Å². The van der Waals surface area contributed by atoms with Gasteiger partial charge in [0.2, 0.25) is 0 Å². The third-order valence-corrected chi connectivity index (χ3v) is 3.60. The lowest BCUT2D eigenvalue weighted by Crippen LogP contribution is -2.15. The molecular formula is C13H18BrN. The van der Waals surface area contributed by atoms with Gasteiger partial charge in [-0.3, -0.25) is 0 Å². The summed E-state index contributed by atoms with van der Waals surface area (Å²) in [6, 6.07) is 7.25. The van der Waals surface area contributed by atoms with Crippen LogP contribution in [0, 0.1) is 0 Å². The van der Waals surface area contributed by atoms with Gasteiger partial charge in [0.1, 0.15) is 0 Å². The molecule has 1 heterocycles. The van der Waals surface area contributed by atoms with Gasteiger partial charge in [0.05, 0.1) is 0 Å². The summed E-state index contributed by atoms with van der Waals surface area (Å²) in [5.74, 6) is 0.607. The SMILES string of the molecule is CC(C)c1ccc(Br)cc1C1CCCN1. The maximum atomic E-state index is 3.57. The van der Waals surface area contributed by atoms with Crippen molar-refractivity contribution in [2.75, 3.05) is 6.54 Å². The molecule has 1 aliphatic rings. The van der Waals surface area contributed by atoms with E-state index in [2.05, 4.69) is 53.3 Å². The largest absolute Gasteiger partial charge is 0.310 e. The van der Waals surface area contributed by atoms with Gasteiger partial charge < -0.3 is 5.32 Å². The number of halogens is 1. The van der Waals surface area contributed by atoms with Crippen LogP contribution in [0.25, 0.3) is 0 Å². The summed E-state index contributed by atoms with van der Waals surface area (Å²) in [7, 11) is 0. The second-order valence-electron chi connectivity index (χ2n) is 4.58. The second kappa shape index (κ2) is 4.67. The minimum atomic E-state index is 0.569. The molecule has 0 aromatic heterocycles. The molecule has 0 bridgehead atoms. The zero-order chi connectivity index (χ0) is 10.8. The molecule has 82 valence electrons. The van der Waals surface area contributed by atoms with Gasteiger partial charge in [0.25, 0.3) is 0 Å². The van der Waals surface area contributed by atoms with Gasteiger partial charge >= 0.3 is 0 Å². The molecule has 1 aliphatic heterocycles. The Bertz CT molecular complexity index is 340. The molecule has 1 aromatic carbocycles. The summed E-state index contributed by atoms with van der Waals surface area (Å²) < 4.78 is 1.19. The lowest BCUT2D eigenvalue weighted by molar-refractivity contribution is 0.633. The van der Waals surface area contributed by atoms with Crippen molar-refractivity contribution < 1.29 is 0 Å². The van der Waals surface area contributed by atoms with Crippen LogP contribution in [-0.4, -0.2) is 6.54 Å². The topological polar surface area (TPSA) is 12.0 Å². The molecule has 0 radical (unpaired) electrons. The quantitative estimate of drug-likeness (QED) is 0.855. The van der Waals surface area contributed by atoms with E-state index >= 15 is 0 Å². The number of nitrogens with one attached hydrogen (secondary N) is 1. The highest BCUT2D eigenvalue weighted by atomic mass is 79.9. The standard InChI is InChI=1S/C13H18BrN/c1-9(2)11-6-5-10(14)8-12(11)13-4-3-7-15-13/h5-6,8-9,13,15H,3-4,7H2,1-2H3. The van der Waals surface area contributed by atoms with E-state index in [1.807, 2.05) is 0 Å². The van der Waals surface area contributed by atoms with Crippen LogP contribution >= 0.6 is 15.9 Å². The number of hydrogen-bond donors (Lipinski definition) is 1. The first-order valence-corrected chi connectivity index (χ1v) is 6.50. The third kappa shape index (κ3) is 2.43. The molecule has 0 saturated carbocycles. The summed E-state index contributed by atoms with van der Waals surface area (Å²) in [5, 5.41) is 3.57. The fourth-order valence-corrected chi connectivity index (χ4v) is 2.70. The van der Waals surface area contributed by atoms with E-state index in [4.69, 9.17) is 0 Å². The predicted octanol–water partition coefficient (Wildman–Crippen LogP) is 4.00. The summed E-state index contributed by atoms with van der Waals surface area (Å²) in [6.07, 6.45) is 2.57. The Morgan fingerprint density at radius 1 is 1.40 bits per heavy atom. The van der Waals surface area contributed by atoms with Gasteiger partial charge in [-0.15, -0.1) is 0 Å². The molecular weight excluding hydrogens is 250 g/mol. The Balaban J connectivity index is 2.37. The van der Waals surface area contributed by atoms with Crippen LogP contribution in [0.15, 0.2) is 22.7 Å². The van der Waals surface area contributed by atoms with Crippen LogP contribution in [0.5, 0.6) is 0 Å². The van der Waals surface area contributed by atoms with Crippen LogP contribution in [-0.2, 0) is 0 Å². The molecule has 1 fully saturated rings. The van der Waals surface area contributed by atoms with Gasteiger partial charge in [-0.25, -0.2) is 0 Å². The van der Waals surface area contributed by atoms with Crippen LogP contribution in [0.2, 0.25) is 0 Å². The number of hydrogen-bond acceptors (Lipinski definition) is 1. The van der Waals surface area contributed by atoms with Gasteiger partial charge in [-0.1, -0.05) is 35.8 Å². The van der Waals surface area contributed by atoms with Crippen molar-refractivity contribution >= 4 is 15.9 Å². The van der Waals surface area contributed by atoms with E-state index in [0.29, 0.717) is 12.0 Å². The summed E-state index contributed by atoms with van der Waals surface area (Å²) in [5.41, 5.74) is 2.97. The van der Waals surface area contributed by atoms with Crippen LogP contribution in [0.1, 0.15) is 49.8 Å². The molecule has 1 atom stereocenters. The summed E-state index contributed by atoms with van der Waals surface area (Å²) in [4.78, 5) is 0. The van der Waals surface area contributed by atoms with Crippen molar-refractivity contribution in [2.24, 2.45) is 0 Å². The maximum Gasteiger partial charge on any atom is 0.0323 e. The van der Waals surface area contributed by atoms with Gasteiger partial charge in [-0.2, -0.15) is 0 Å². The van der Waals surface area contributed by atoms with Gasteiger partial charge in [0.15, 0.2) is 0 Å². The zero-order valence-corrected chi connectivity index (χ0v) is 11.0. The maximum absolute atomic E-state index is 3.57. The summed E-state index contributed by atoms with van der Waals surface area (Å²) >= 11 is 3.56. The fourth-order valence-electron chi connectivity index (χ4n) is 2.32. The van der Waals surface area contributed by atoms with Crippen molar-refractivity contribution in [3.63, 3.8) is 0 Å². The monoisotopic (exact) mass is 267 g/mol. The minimum absolute atomic E-state index is 0.569. The predicted molar refractivity (Wildman–Crippen MR) is 68.2 cm³/mol. The first-order chi connectivity index (χ1) is 7.18. The molecule has 0 amide bonds. The Morgan fingerprint density at radius 2 is 2.20 bits per heavy atom. The van der Waals surface area contributed by atoms with E-state index in [-0.39, 0.29) is 0 Å². The molecule has 1 saturated heterocycles. The van der Waals surface area contributed by atoms with Gasteiger partial charge in [-0.05, 0) is 48.6 Å². The molecule has 1 aromatic rings. The number of rotatable bonds is 2. The number of benzene rings is 1. The van der Waals surface area contributed by atoms with Crippen molar-refractivity contribution in [1.29, 1.82) is 0 Å². The van der Waals surface area contributed by atoms with E-state index in [1.54, 1.807) is 0 Å². The van der Waals surface area contributed by atoms with Crippen molar-refractivity contribution in [3.05, 3.63) is 33.8 Å². The molecule has 0 aliphatic carbocycles. The van der Waals surface area contributed by atoms with Crippen molar-refractivity contribution in [1.82, 2.24) is 5.32 Å². The zero-order valence-electron chi connectivity index (χ0n) is 9.39. The van der Waals surface area contributed by atoms with Crippen LogP contribution in [0.3, 0.4) is 0 Å². The second-order valence-corrected chi connectivity index (χ2v) is 5.49. The highest BCUT2D eigenvalue weighted by Crippen LogP contribution is 2.32. The van der Waals surface area contributed by atoms with E-state index in [9.17, 15) is 0 Å². The lowest BCUT2D eigenvalue weighted by atomic mass is 9.92. The van der Waals surface area contributed by atoms with Crippen molar-refractivity contribution in [3.8, 4) is 0 Å². The Morgan fingerprint density at radius 3 is 2.80 bits per heavy atom. The molecule has 1 nitrogen and oxygen atoms in total. The fraction of sp³-hybridized carbons (Fsp3) is 0.538. The molecule has 0 spiro atoms. The van der Waals surface area contributed by atoms with Crippen molar-refractivity contribution in [2.45, 2.75) is 38.6 Å². The molecule has 2 heteroatoms. The first-order valence-electron chi connectivity index (χ1n) is 5.71.